The van der Waals surface area contributed by atoms with Gasteiger partial charge in [0.2, 0.25) is 0 Å². The molecule has 5 heteroatoms. The number of primary amides is 1. The predicted octanol–water partition coefficient (Wildman–Crippen LogP) is 1.59. The predicted molar refractivity (Wildman–Crippen MR) is 49.9 cm³/mol. The molecular weight excluding hydrogens is 188 g/mol. The lowest BCUT2D eigenvalue weighted by molar-refractivity contribution is 0.100. The van der Waals surface area contributed by atoms with Crippen LogP contribution in [0.15, 0.2) is 22.6 Å². The van der Waals surface area contributed by atoms with Gasteiger partial charge in [-0.05, 0) is 24.4 Å². The van der Waals surface area contributed by atoms with Crippen molar-refractivity contribution in [1.82, 2.24) is 4.98 Å². The van der Waals surface area contributed by atoms with E-state index in [1.54, 1.807) is 18.2 Å². The Morgan fingerprint density at radius 1 is 1.54 bits per heavy atom. The number of amides is 1. The zero-order chi connectivity index (χ0) is 9.42. The van der Waals surface area contributed by atoms with Crippen molar-refractivity contribution >= 4 is 29.2 Å². The molecule has 2 rings (SSSR count). The summed E-state index contributed by atoms with van der Waals surface area (Å²) in [6.07, 6.45) is 0. The van der Waals surface area contributed by atoms with Crippen LogP contribution in [0.2, 0.25) is 0 Å². The highest BCUT2D eigenvalue weighted by molar-refractivity contribution is 7.71. The number of fused-ring (bicyclic) bond motifs is 1. The van der Waals surface area contributed by atoms with Crippen LogP contribution in [0.25, 0.3) is 11.1 Å². The Kier molecular flexibility index (Phi) is 1.66. The molecule has 1 aromatic carbocycles. The molecule has 4 nitrogen and oxygen atoms in total. The SMILES string of the molecule is NC(=O)c1cccc2[nH]c(=S)oc12. The number of rotatable bonds is 1. The monoisotopic (exact) mass is 194 g/mol. The van der Waals surface area contributed by atoms with Crippen LogP contribution < -0.4 is 5.73 Å². The van der Waals surface area contributed by atoms with Gasteiger partial charge < -0.3 is 15.1 Å². The quantitative estimate of drug-likeness (QED) is 0.677. The van der Waals surface area contributed by atoms with E-state index in [1.165, 1.54) is 0 Å². The summed E-state index contributed by atoms with van der Waals surface area (Å²) in [4.78, 5) is 14.0. The molecule has 1 heterocycles. The van der Waals surface area contributed by atoms with Crippen LogP contribution in [-0.4, -0.2) is 10.9 Å². The summed E-state index contributed by atoms with van der Waals surface area (Å²) < 4.78 is 5.12. The van der Waals surface area contributed by atoms with Gasteiger partial charge in [-0.1, -0.05) is 6.07 Å². The summed E-state index contributed by atoms with van der Waals surface area (Å²) in [5, 5.41) is 0. The molecular formula is C8H6N2O2S. The molecule has 0 aliphatic rings. The van der Waals surface area contributed by atoms with Gasteiger partial charge in [-0.15, -0.1) is 0 Å². The molecule has 0 saturated carbocycles. The van der Waals surface area contributed by atoms with Gasteiger partial charge in [-0.3, -0.25) is 4.79 Å². The van der Waals surface area contributed by atoms with Crippen LogP contribution in [0.4, 0.5) is 0 Å². The highest BCUT2D eigenvalue weighted by Crippen LogP contribution is 2.17. The zero-order valence-electron chi connectivity index (χ0n) is 6.53. The molecule has 1 aromatic heterocycles. The molecule has 3 N–H and O–H groups in total. The number of aromatic amines is 1. The van der Waals surface area contributed by atoms with Gasteiger partial charge in [0.15, 0.2) is 5.58 Å². The number of hydrogen-bond acceptors (Lipinski definition) is 3. The number of hydrogen-bond donors (Lipinski definition) is 2. The summed E-state index contributed by atoms with van der Waals surface area (Å²) in [7, 11) is 0. The maximum atomic E-state index is 10.9. The van der Waals surface area contributed by atoms with Gasteiger partial charge in [0.1, 0.15) is 0 Å². The van der Waals surface area contributed by atoms with Gasteiger partial charge in [0.05, 0.1) is 11.1 Å². The largest absolute Gasteiger partial charge is 0.429 e. The third kappa shape index (κ3) is 1.23. The fraction of sp³-hybridized carbons (Fsp3) is 0. The van der Waals surface area contributed by atoms with Crippen LogP contribution in [-0.2, 0) is 0 Å². The molecule has 0 aliphatic heterocycles. The Hall–Kier alpha value is -1.62. The number of aromatic nitrogens is 1. The second-order valence-electron chi connectivity index (χ2n) is 2.56. The smallest absolute Gasteiger partial charge is 0.266 e. The minimum Gasteiger partial charge on any atom is -0.429 e. The van der Waals surface area contributed by atoms with Gasteiger partial charge in [0, 0.05) is 0 Å². The number of oxazole rings is 1. The lowest BCUT2D eigenvalue weighted by Gasteiger charge is -1.93. The van der Waals surface area contributed by atoms with Crippen LogP contribution in [0.3, 0.4) is 0 Å². The van der Waals surface area contributed by atoms with E-state index in [0.29, 0.717) is 16.7 Å². The molecule has 0 fully saturated rings. The summed E-state index contributed by atoms with van der Waals surface area (Å²) in [6.45, 7) is 0. The molecule has 66 valence electrons. The van der Waals surface area contributed by atoms with Gasteiger partial charge in [0.25, 0.3) is 10.7 Å². The minimum absolute atomic E-state index is 0.240. The van der Waals surface area contributed by atoms with Crippen molar-refractivity contribution in [2.24, 2.45) is 5.73 Å². The van der Waals surface area contributed by atoms with Crippen molar-refractivity contribution in [3.05, 3.63) is 28.6 Å². The van der Waals surface area contributed by atoms with Gasteiger partial charge in [-0.25, -0.2) is 0 Å². The minimum atomic E-state index is -0.525. The lowest BCUT2D eigenvalue weighted by Crippen LogP contribution is -2.10. The number of carbonyl (C=O) groups is 1. The normalized spacial score (nSPS) is 10.5. The fourth-order valence-electron chi connectivity index (χ4n) is 1.17. The highest BCUT2D eigenvalue weighted by Gasteiger charge is 2.09. The van der Waals surface area contributed by atoms with E-state index in [9.17, 15) is 4.79 Å². The molecule has 1 amide bonds. The van der Waals surface area contributed by atoms with E-state index in [2.05, 4.69) is 4.98 Å². The molecule has 0 saturated heterocycles. The molecule has 2 aromatic rings. The second kappa shape index (κ2) is 2.70. The average Bonchev–Trinajstić information content (AvgIpc) is 2.43. The molecule has 0 aliphatic carbocycles. The summed E-state index contributed by atoms with van der Waals surface area (Å²) >= 11 is 4.78. The van der Waals surface area contributed by atoms with Crippen molar-refractivity contribution in [3.8, 4) is 0 Å². The topological polar surface area (TPSA) is 72.0 Å². The highest BCUT2D eigenvalue weighted by atomic mass is 32.1. The second-order valence-corrected chi connectivity index (χ2v) is 2.93. The first-order valence-electron chi connectivity index (χ1n) is 3.60. The van der Waals surface area contributed by atoms with E-state index in [1.807, 2.05) is 0 Å². The van der Waals surface area contributed by atoms with Crippen LogP contribution in [0, 0.1) is 4.84 Å². The molecule has 13 heavy (non-hydrogen) atoms. The molecule has 0 atom stereocenters. The van der Waals surface area contributed by atoms with E-state index < -0.39 is 5.91 Å². The van der Waals surface area contributed by atoms with Gasteiger partial charge in [-0.2, -0.15) is 0 Å². The third-order valence-corrected chi connectivity index (χ3v) is 1.90. The van der Waals surface area contributed by atoms with Crippen molar-refractivity contribution < 1.29 is 9.21 Å². The number of H-pyrrole nitrogens is 1. The first-order chi connectivity index (χ1) is 6.18. The van der Waals surface area contributed by atoms with Crippen LogP contribution >= 0.6 is 12.2 Å². The maximum Gasteiger partial charge on any atom is 0.266 e. The number of benzene rings is 1. The first-order valence-corrected chi connectivity index (χ1v) is 4.01. The number of para-hydroxylation sites is 1. The molecule has 0 bridgehead atoms. The standard InChI is InChI=1S/C8H6N2O2S/c9-7(11)4-2-1-3-5-6(4)12-8(13)10-5/h1-3H,(H2,9,11)(H,10,13). The van der Waals surface area contributed by atoms with E-state index in [4.69, 9.17) is 22.4 Å². The van der Waals surface area contributed by atoms with Crippen molar-refractivity contribution in [2.45, 2.75) is 0 Å². The Morgan fingerprint density at radius 3 is 3.00 bits per heavy atom. The first kappa shape index (κ1) is 8.00. The molecule has 0 radical (unpaired) electrons. The zero-order valence-corrected chi connectivity index (χ0v) is 7.35. The van der Waals surface area contributed by atoms with Crippen molar-refractivity contribution in [2.75, 3.05) is 0 Å². The van der Waals surface area contributed by atoms with Crippen LogP contribution in [0.1, 0.15) is 10.4 Å². The molecule has 0 unspecified atom stereocenters. The number of nitrogens with one attached hydrogen (secondary N) is 1. The van der Waals surface area contributed by atoms with E-state index in [-0.39, 0.29) is 4.84 Å². The Balaban J connectivity index is 2.90. The third-order valence-electron chi connectivity index (χ3n) is 1.71. The Bertz CT molecular complexity index is 526. The Labute approximate surface area is 78.4 Å². The van der Waals surface area contributed by atoms with E-state index in [0.717, 1.165) is 0 Å². The lowest BCUT2D eigenvalue weighted by atomic mass is 10.2. The summed E-state index contributed by atoms with van der Waals surface area (Å²) in [6, 6.07) is 5.07. The average molecular weight is 194 g/mol. The van der Waals surface area contributed by atoms with Crippen molar-refractivity contribution in [3.63, 3.8) is 0 Å². The summed E-state index contributed by atoms with van der Waals surface area (Å²) in [5.74, 6) is -0.525. The summed E-state index contributed by atoms with van der Waals surface area (Å²) in [5.41, 5.74) is 6.58. The maximum absolute atomic E-state index is 10.9. The molecule has 0 spiro atoms. The Morgan fingerprint density at radius 2 is 2.31 bits per heavy atom. The fourth-order valence-corrected chi connectivity index (χ4v) is 1.36. The number of carbonyl (C=O) groups excluding carboxylic acids is 1. The van der Waals surface area contributed by atoms with Gasteiger partial charge >= 0.3 is 0 Å². The van der Waals surface area contributed by atoms with Crippen LogP contribution in [0.5, 0.6) is 0 Å². The van der Waals surface area contributed by atoms with Crippen molar-refractivity contribution in [1.29, 1.82) is 0 Å². The van der Waals surface area contributed by atoms with E-state index >= 15 is 0 Å². The number of nitrogens with two attached hydrogens (primary N) is 1.